The van der Waals surface area contributed by atoms with Crippen LogP contribution >= 0.6 is 27.5 Å². The fraction of sp³-hybridized carbons (Fsp3) is 0.133. The van der Waals surface area contributed by atoms with Crippen LogP contribution in [0.2, 0.25) is 5.02 Å². The zero-order valence-corrected chi connectivity index (χ0v) is 12.5. The molecule has 0 aromatic heterocycles. The molecule has 0 unspecified atom stereocenters. The molecule has 0 saturated heterocycles. The molecule has 3 heteroatoms. The highest BCUT2D eigenvalue weighted by Crippen LogP contribution is 2.25. The molecule has 0 bridgehead atoms. The van der Waals surface area contributed by atoms with E-state index in [2.05, 4.69) is 15.9 Å². The van der Waals surface area contributed by atoms with Crippen molar-refractivity contribution in [1.82, 2.24) is 0 Å². The number of hydrogen-bond acceptors (Lipinski definition) is 1. The van der Waals surface area contributed by atoms with Crippen molar-refractivity contribution in [2.24, 2.45) is 0 Å². The molecule has 18 heavy (non-hydrogen) atoms. The third kappa shape index (κ3) is 2.65. The molecular weight excluding hydrogens is 312 g/mol. The summed E-state index contributed by atoms with van der Waals surface area (Å²) in [5.74, 6) is -0.00873. The highest BCUT2D eigenvalue weighted by Gasteiger charge is 2.15. The Labute approximate surface area is 120 Å². The summed E-state index contributed by atoms with van der Waals surface area (Å²) < 4.78 is 0.762. The van der Waals surface area contributed by atoms with Crippen LogP contribution in [0.15, 0.2) is 40.9 Å². The first kappa shape index (κ1) is 13.3. The zero-order chi connectivity index (χ0) is 13.3. The minimum Gasteiger partial charge on any atom is -0.289 e. The van der Waals surface area contributed by atoms with Crippen LogP contribution in [0, 0.1) is 13.8 Å². The van der Waals surface area contributed by atoms with Crippen LogP contribution in [0.4, 0.5) is 0 Å². The quantitative estimate of drug-likeness (QED) is 0.715. The summed E-state index contributed by atoms with van der Waals surface area (Å²) in [5, 5.41) is 0.562. The van der Waals surface area contributed by atoms with Gasteiger partial charge in [0.25, 0.3) is 0 Å². The first-order chi connectivity index (χ1) is 8.49. The Morgan fingerprint density at radius 2 is 1.78 bits per heavy atom. The van der Waals surface area contributed by atoms with Crippen molar-refractivity contribution in [2.45, 2.75) is 13.8 Å². The van der Waals surface area contributed by atoms with Crippen LogP contribution in [0.1, 0.15) is 27.0 Å². The van der Waals surface area contributed by atoms with E-state index in [4.69, 9.17) is 11.6 Å². The van der Waals surface area contributed by atoms with E-state index in [1.807, 2.05) is 32.0 Å². The van der Waals surface area contributed by atoms with Crippen LogP contribution in [0.3, 0.4) is 0 Å². The van der Waals surface area contributed by atoms with E-state index in [1.165, 1.54) is 0 Å². The Bertz CT molecular complexity index is 566. The predicted molar refractivity (Wildman–Crippen MR) is 78.5 cm³/mol. The van der Waals surface area contributed by atoms with Gasteiger partial charge in [-0.15, -0.1) is 0 Å². The molecule has 0 amide bonds. The summed E-state index contributed by atoms with van der Waals surface area (Å²) in [6, 6.07) is 11.1. The maximum absolute atomic E-state index is 12.5. The van der Waals surface area contributed by atoms with Gasteiger partial charge in [-0.3, -0.25) is 4.79 Å². The highest BCUT2D eigenvalue weighted by atomic mass is 79.9. The number of hydrogen-bond donors (Lipinski definition) is 0. The number of benzene rings is 2. The van der Waals surface area contributed by atoms with E-state index in [1.54, 1.807) is 18.2 Å². The monoisotopic (exact) mass is 322 g/mol. The fourth-order valence-electron chi connectivity index (χ4n) is 1.80. The summed E-state index contributed by atoms with van der Waals surface area (Å²) >= 11 is 9.34. The molecule has 2 aromatic carbocycles. The van der Waals surface area contributed by atoms with Gasteiger partial charge in [0.05, 0.1) is 0 Å². The summed E-state index contributed by atoms with van der Waals surface area (Å²) in [4.78, 5) is 12.5. The molecular formula is C15H12BrClO. The third-order valence-corrected chi connectivity index (χ3v) is 3.74. The van der Waals surface area contributed by atoms with Gasteiger partial charge in [-0.05, 0) is 43.7 Å². The van der Waals surface area contributed by atoms with Crippen molar-refractivity contribution >= 4 is 33.3 Å². The number of carbonyl (C=O) groups excluding carboxylic acids is 1. The van der Waals surface area contributed by atoms with Gasteiger partial charge in [0, 0.05) is 20.6 Å². The lowest BCUT2D eigenvalue weighted by molar-refractivity contribution is 0.103. The molecule has 1 nitrogen and oxygen atoms in total. The second-order valence-electron chi connectivity index (χ2n) is 4.27. The molecule has 0 aliphatic heterocycles. The average molecular weight is 324 g/mol. The Kier molecular flexibility index (Phi) is 3.88. The topological polar surface area (TPSA) is 17.1 Å². The number of carbonyl (C=O) groups is 1. The first-order valence-electron chi connectivity index (χ1n) is 5.56. The standard InChI is InChI=1S/C15H12BrClO/c1-9-3-4-10(2)12(7-9)15(18)13-8-11(17)5-6-14(13)16/h3-8H,1-2H3. The molecule has 0 saturated carbocycles. The minimum atomic E-state index is -0.00873. The van der Waals surface area contributed by atoms with Crippen molar-refractivity contribution in [3.63, 3.8) is 0 Å². The van der Waals surface area contributed by atoms with Crippen molar-refractivity contribution < 1.29 is 4.79 Å². The van der Waals surface area contributed by atoms with E-state index in [-0.39, 0.29) is 5.78 Å². The third-order valence-electron chi connectivity index (χ3n) is 2.81. The van der Waals surface area contributed by atoms with Crippen molar-refractivity contribution in [3.8, 4) is 0 Å². The maximum Gasteiger partial charge on any atom is 0.194 e. The number of aryl methyl sites for hydroxylation is 2. The second-order valence-corrected chi connectivity index (χ2v) is 5.56. The molecule has 0 spiro atoms. The largest absolute Gasteiger partial charge is 0.289 e. The van der Waals surface area contributed by atoms with Gasteiger partial charge >= 0.3 is 0 Å². The van der Waals surface area contributed by atoms with Gasteiger partial charge in [0.15, 0.2) is 5.78 Å². The molecule has 2 aromatic rings. The first-order valence-corrected chi connectivity index (χ1v) is 6.73. The summed E-state index contributed by atoms with van der Waals surface area (Å²) in [6.07, 6.45) is 0. The predicted octanol–water partition coefficient (Wildman–Crippen LogP) is 4.95. The molecule has 2 rings (SSSR count). The molecule has 0 fully saturated rings. The lowest BCUT2D eigenvalue weighted by atomic mass is 9.97. The van der Waals surface area contributed by atoms with E-state index in [0.29, 0.717) is 10.6 Å². The normalized spacial score (nSPS) is 10.4. The molecule has 0 radical (unpaired) electrons. The Morgan fingerprint density at radius 3 is 2.50 bits per heavy atom. The van der Waals surface area contributed by atoms with Crippen LogP contribution < -0.4 is 0 Å². The molecule has 0 N–H and O–H groups in total. The number of rotatable bonds is 2. The summed E-state index contributed by atoms with van der Waals surface area (Å²) in [6.45, 7) is 3.91. The van der Waals surface area contributed by atoms with Crippen molar-refractivity contribution in [3.05, 3.63) is 68.1 Å². The van der Waals surface area contributed by atoms with Gasteiger partial charge in [0.2, 0.25) is 0 Å². The van der Waals surface area contributed by atoms with E-state index < -0.39 is 0 Å². The summed E-state index contributed by atoms with van der Waals surface area (Å²) in [7, 11) is 0. The maximum atomic E-state index is 12.5. The van der Waals surface area contributed by atoms with Crippen LogP contribution in [-0.4, -0.2) is 5.78 Å². The van der Waals surface area contributed by atoms with Crippen LogP contribution in [-0.2, 0) is 0 Å². The Morgan fingerprint density at radius 1 is 1.06 bits per heavy atom. The van der Waals surface area contributed by atoms with Gasteiger partial charge in [-0.25, -0.2) is 0 Å². The van der Waals surface area contributed by atoms with Gasteiger partial charge in [0.1, 0.15) is 0 Å². The molecule has 0 aliphatic carbocycles. The summed E-state index contributed by atoms with van der Waals surface area (Å²) in [5.41, 5.74) is 3.36. The number of halogens is 2. The van der Waals surface area contributed by atoms with Gasteiger partial charge in [-0.2, -0.15) is 0 Å². The van der Waals surface area contributed by atoms with Gasteiger partial charge < -0.3 is 0 Å². The smallest absolute Gasteiger partial charge is 0.194 e. The van der Waals surface area contributed by atoms with Crippen LogP contribution in [0.25, 0.3) is 0 Å². The molecule has 0 heterocycles. The van der Waals surface area contributed by atoms with Crippen LogP contribution in [0.5, 0.6) is 0 Å². The highest BCUT2D eigenvalue weighted by molar-refractivity contribution is 9.10. The Balaban J connectivity index is 2.54. The molecule has 0 aliphatic rings. The molecule has 92 valence electrons. The van der Waals surface area contributed by atoms with E-state index >= 15 is 0 Å². The number of ketones is 1. The SMILES string of the molecule is Cc1ccc(C)c(C(=O)c2cc(Cl)ccc2Br)c1. The lowest BCUT2D eigenvalue weighted by Gasteiger charge is -2.08. The molecule has 0 atom stereocenters. The second kappa shape index (κ2) is 5.25. The zero-order valence-electron chi connectivity index (χ0n) is 10.1. The van der Waals surface area contributed by atoms with Crippen molar-refractivity contribution in [1.29, 1.82) is 0 Å². The fourth-order valence-corrected chi connectivity index (χ4v) is 2.40. The van der Waals surface area contributed by atoms with Gasteiger partial charge in [-0.1, -0.05) is 45.2 Å². The minimum absolute atomic E-state index is 0.00873. The van der Waals surface area contributed by atoms with Crippen molar-refractivity contribution in [2.75, 3.05) is 0 Å². The lowest BCUT2D eigenvalue weighted by Crippen LogP contribution is -2.05. The van der Waals surface area contributed by atoms with E-state index in [9.17, 15) is 4.79 Å². The Hall–Kier alpha value is -1.12. The van der Waals surface area contributed by atoms with E-state index in [0.717, 1.165) is 21.2 Å². The average Bonchev–Trinajstić information content (AvgIpc) is 2.34.